The molecule has 2 N–H and O–H groups in total. The van der Waals surface area contributed by atoms with E-state index in [1.807, 2.05) is 60.7 Å². The van der Waals surface area contributed by atoms with E-state index in [1.54, 1.807) is 14.2 Å². The summed E-state index contributed by atoms with van der Waals surface area (Å²) in [6, 6.07) is 18.8. The maximum atomic E-state index is 11.0. The monoisotopic (exact) mass is 348 g/mol. The molecule has 132 valence electrons. The summed E-state index contributed by atoms with van der Waals surface area (Å²) >= 11 is 0. The number of aromatic hydroxyl groups is 1. The maximum absolute atomic E-state index is 11.0. The van der Waals surface area contributed by atoms with E-state index >= 15 is 0 Å². The molecule has 0 spiro atoms. The molecule has 0 saturated carbocycles. The molecule has 0 unspecified atom stereocenters. The Hall–Kier alpha value is -2.82. The largest absolute Gasteiger partial charge is 0.507 e. The van der Waals surface area contributed by atoms with E-state index in [9.17, 15) is 10.2 Å². The molecule has 3 aromatic carbocycles. The minimum atomic E-state index is -1.02. The summed E-state index contributed by atoms with van der Waals surface area (Å²) in [5.41, 5.74) is 2.58. The fourth-order valence-corrected chi connectivity index (χ4v) is 3.77. The van der Waals surface area contributed by atoms with Crippen molar-refractivity contribution in [3.05, 3.63) is 77.4 Å². The average Bonchev–Trinajstić information content (AvgIpc) is 2.70. The van der Waals surface area contributed by atoms with Crippen LogP contribution in [0.3, 0.4) is 0 Å². The molecule has 0 aromatic heterocycles. The molecule has 1 aliphatic carbocycles. The van der Waals surface area contributed by atoms with Gasteiger partial charge in [-0.05, 0) is 5.39 Å². The van der Waals surface area contributed by atoms with Crippen LogP contribution in [-0.4, -0.2) is 24.4 Å². The summed E-state index contributed by atoms with van der Waals surface area (Å²) in [4.78, 5) is 0. The van der Waals surface area contributed by atoms with E-state index in [1.165, 1.54) is 0 Å². The SMILES string of the molecule is COC1(OC)CC(c2ccc3ccccc3c2O)=C(O)c2ccccc21. The van der Waals surface area contributed by atoms with Crippen LogP contribution in [0, 0.1) is 0 Å². The highest BCUT2D eigenvalue weighted by Crippen LogP contribution is 2.48. The molecule has 0 aliphatic heterocycles. The first kappa shape index (κ1) is 16.6. The molecule has 3 aromatic rings. The fraction of sp³-hybridized carbons (Fsp3) is 0.182. The lowest BCUT2D eigenvalue weighted by atomic mass is 9.82. The van der Waals surface area contributed by atoms with Gasteiger partial charge in [-0.3, -0.25) is 0 Å². The second kappa shape index (κ2) is 6.16. The standard InChI is InChI=1S/C22H20O4/c1-25-22(26-2)13-18(21(24)17-9-5-6-10-19(17)22)16-12-11-14-7-3-4-8-15(14)20(16)23/h3-12,23-24H,13H2,1-2H3. The van der Waals surface area contributed by atoms with E-state index in [0.29, 0.717) is 16.7 Å². The number of benzene rings is 3. The van der Waals surface area contributed by atoms with Crippen LogP contribution in [0.1, 0.15) is 23.1 Å². The first-order valence-electron chi connectivity index (χ1n) is 8.44. The van der Waals surface area contributed by atoms with Gasteiger partial charge in [-0.25, -0.2) is 0 Å². The van der Waals surface area contributed by atoms with E-state index in [-0.39, 0.29) is 17.9 Å². The number of rotatable bonds is 3. The van der Waals surface area contributed by atoms with E-state index in [0.717, 1.165) is 16.3 Å². The predicted octanol–water partition coefficient (Wildman–Crippen LogP) is 4.82. The van der Waals surface area contributed by atoms with E-state index in [2.05, 4.69) is 0 Å². The first-order valence-corrected chi connectivity index (χ1v) is 8.44. The third-order valence-electron chi connectivity index (χ3n) is 5.17. The molecule has 0 radical (unpaired) electrons. The van der Waals surface area contributed by atoms with E-state index in [4.69, 9.17) is 9.47 Å². The van der Waals surface area contributed by atoms with Crippen molar-refractivity contribution in [1.29, 1.82) is 0 Å². The molecule has 1 aliphatic rings. The second-order valence-electron chi connectivity index (χ2n) is 6.39. The van der Waals surface area contributed by atoms with Gasteiger partial charge in [-0.1, -0.05) is 60.7 Å². The Morgan fingerprint density at radius 3 is 2.27 bits per heavy atom. The molecule has 0 saturated heterocycles. The highest BCUT2D eigenvalue weighted by Gasteiger charge is 2.41. The summed E-state index contributed by atoms with van der Waals surface area (Å²) in [5, 5.41) is 23.5. The molecule has 4 nitrogen and oxygen atoms in total. The maximum Gasteiger partial charge on any atom is 0.199 e. The number of aliphatic hydroxyl groups is 1. The van der Waals surface area contributed by atoms with Crippen LogP contribution in [0.2, 0.25) is 0 Å². The Kier molecular flexibility index (Phi) is 3.94. The zero-order chi connectivity index (χ0) is 18.3. The van der Waals surface area contributed by atoms with Gasteiger partial charge in [0.05, 0.1) is 0 Å². The van der Waals surface area contributed by atoms with Gasteiger partial charge in [0.15, 0.2) is 5.79 Å². The van der Waals surface area contributed by atoms with Crippen LogP contribution in [0.4, 0.5) is 0 Å². The van der Waals surface area contributed by atoms with Crippen molar-refractivity contribution in [3.63, 3.8) is 0 Å². The fourth-order valence-electron chi connectivity index (χ4n) is 3.77. The van der Waals surface area contributed by atoms with Crippen LogP contribution in [-0.2, 0) is 15.3 Å². The summed E-state index contributed by atoms with van der Waals surface area (Å²) < 4.78 is 11.5. The average molecular weight is 348 g/mol. The van der Waals surface area contributed by atoms with Crippen LogP contribution >= 0.6 is 0 Å². The van der Waals surface area contributed by atoms with Gasteiger partial charge in [0.1, 0.15) is 11.5 Å². The summed E-state index contributed by atoms with van der Waals surface area (Å²) in [6.07, 6.45) is 0.286. The van der Waals surface area contributed by atoms with Crippen LogP contribution in [0.25, 0.3) is 22.1 Å². The number of phenolic OH excluding ortho intramolecular Hbond substituents is 1. The Balaban J connectivity index is 1.99. The van der Waals surface area contributed by atoms with Crippen LogP contribution < -0.4 is 0 Å². The Morgan fingerprint density at radius 1 is 0.808 bits per heavy atom. The summed E-state index contributed by atoms with van der Waals surface area (Å²) in [6.45, 7) is 0. The molecule has 0 atom stereocenters. The van der Waals surface area contributed by atoms with Gasteiger partial charge in [0.25, 0.3) is 0 Å². The lowest BCUT2D eigenvalue weighted by Crippen LogP contribution is -2.34. The molecule has 26 heavy (non-hydrogen) atoms. The smallest absolute Gasteiger partial charge is 0.199 e. The molecule has 4 heteroatoms. The summed E-state index contributed by atoms with van der Waals surface area (Å²) in [5.74, 6) is -0.739. The number of methoxy groups -OCH3 is 2. The zero-order valence-corrected chi connectivity index (χ0v) is 14.7. The van der Waals surface area contributed by atoms with Crippen molar-refractivity contribution in [1.82, 2.24) is 0 Å². The minimum absolute atomic E-state index is 0.135. The third-order valence-corrected chi connectivity index (χ3v) is 5.17. The van der Waals surface area contributed by atoms with Crippen molar-refractivity contribution >= 4 is 22.1 Å². The molecular weight excluding hydrogens is 328 g/mol. The Labute approximate surface area is 151 Å². The number of hydrogen-bond acceptors (Lipinski definition) is 4. The van der Waals surface area contributed by atoms with Crippen molar-refractivity contribution in [3.8, 4) is 5.75 Å². The number of hydrogen-bond donors (Lipinski definition) is 2. The summed E-state index contributed by atoms with van der Waals surface area (Å²) in [7, 11) is 3.17. The normalized spacial score (nSPS) is 15.9. The third kappa shape index (κ3) is 2.30. The van der Waals surface area contributed by atoms with Crippen LogP contribution in [0.15, 0.2) is 60.7 Å². The molecule has 0 fully saturated rings. The molecule has 0 amide bonds. The lowest BCUT2D eigenvalue weighted by Gasteiger charge is -2.37. The highest BCUT2D eigenvalue weighted by molar-refractivity contribution is 5.98. The topological polar surface area (TPSA) is 58.9 Å². The predicted molar refractivity (Wildman–Crippen MR) is 102 cm³/mol. The molecule has 0 heterocycles. The highest BCUT2D eigenvalue weighted by atomic mass is 16.7. The molecular formula is C22H20O4. The number of aliphatic hydroxyl groups excluding tert-OH is 1. The minimum Gasteiger partial charge on any atom is -0.507 e. The van der Waals surface area contributed by atoms with Gasteiger partial charge in [0.2, 0.25) is 0 Å². The van der Waals surface area contributed by atoms with Gasteiger partial charge in [-0.15, -0.1) is 0 Å². The quantitative estimate of drug-likeness (QED) is 0.666. The van der Waals surface area contributed by atoms with Gasteiger partial charge in [-0.2, -0.15) is 0 Å². The van der Waals surface area contributed by atoms with Crippen molar-refractivity contribution < 1.29 is 19.7 Å². The second-order valence-corrected chi connectivity index (χ2v) is 6.39. The molecule has 0 bridgehead atoms. The van der Waals surface area contributed by atoms with Gasteiger partial charge in [0, 0.05) is 48.3 Å². The van der Waals surface area contributed by atoms with Crippen molar-refractivity contribution in [2.75, 3.05) is 14.2 Å². The Bertz CT molecular complexity index is 1020. The van der Waals surface area contributed by atoms with Crippen LogP contribution in [0.5, 0.6) is 5.75 Å². The van der Waals surface area contributed by atoms with Crippen molar-refractivity contribution in [2.45, 2.75) is 12.2 Å². The number of phenols is 1. The van der Waals surface area contributed by atoms with Gasteiger partial charge >= 0.3 is 0 Å². The Morgan fingerprint density at radius 2 is 1.50 bits per heavy atom. The van der Waals surface area contributed by atoms with E-state index < -0.39 is 5.79 Å². The van der Waals surface area contributed by atoms with Crippen molar-refractivity contribution in [2.24, 2.45) is 0 Å². The molecule has 4 rings (SSSR count). The zero-order valence-electron chi connectivity index (χ0n) is 14.7. The number of fused-ring (bicyclic) bond motifs is 2. The lowest BCUT2D eigenvalue weighted by molar-refractivity contribution is -0.212. The first-order chi connectivity index (χ1) is 12.6. The van der Waals surface area contributed by atoms with Gasteiger partial charge < -0.3 is 19.7 Å². The number of ether oxygens (including phenoxy) is 2.